The predicted molar refractivity (Wildman–Crippen MR) is 144 cm³/mol. The second-order valence-electron chi connectivity index (χ2n) is 8.71. The molecule has 0 bridgehead atoms. The Kier molecular flexibility index (Phi) is 6.82. The molecule has 9 heteroatoms. The number of benzene rings is 3. The number of unbranched alkanes of at least 4 members (excludes halogenated alkanes) is 1. The quantitative estimate of drug-likeness (QED) is 0.235. The van der Waals surface area contributed by atoms with Gasteiger partial charge in [-0.2, -0.15) is 0 Å². The molecule has 38 heavy (non-hydrogen) atoms. The van der Waals surface area contributed by atoms with Crippen molar-refractivity contribution in [3.63, 3.8) is 0 Å². The first-order valence-corrected chi connectivity index (χ1v) is 12.2. The number of nitrogens with zero attached hydrogens (tertiary/aromatic N) is 3. The van der Waals surface area contributed by atoms with Crippen LogP contribution < -0.4 is 11.4 Å². The smallest absolute Gasteiger partial charge is 0.338 e. The molecule has 0 radical (unpaired) electrons. The van der Waals surface area contributed by atoms with Crippen molar-refractivity contribution in [1.29, 1.82) is 0 Å². The highest BCUT2D eigenvalue weighted by molar-refractivity contribution is 6.02. The number of H-pyrrole nitrogens is 1. The number of ether oxygens (including phenoxy) is 1. The maximum absolute atomic E-state index is 13.0. The minimum Gasteiger partial charge on any atom is -0.462 e. The predicted octanol–water partition coefficient (Wildman–Crippen LogP) is 4.50. The van der Waals surface area contributed by atoms with Crippen LogP contribution in [-0.4, -0.2) is 38.0 Å². The third-order valence-corrected chi connectivity index (χ3v) is 6.09. The lowest BCUT2D eigenvalue weighted by Gasteiger charge is -2.09. The van der Waals surface area contributed by atoms with E-state index in [0.717, 1.165) is 24.0 Å². The number of aromatic amines is 1. The fraction of sp³-hybridized carbons (Fsp3) is 0.138. The number of esters is 1. The van der Waals surface area contributed by atoms with Crippen molar-refractivity contribution in [3.05, 3.63) is 101 Å². The Hall–Kier alpha value is -5.05. The minimum atomic E-state index is -0.804. The van der Waals surface area contributed by atoms with Crippen LogP contribution in [0.25, 0.3) is 39.4 Å². The number of amides is 1. The Bertz CT molecular complexity index is 1690. The monoisotopic (exact) mass is 507 g/mol. The summed E-state index contributed by atoms with van der Waals surface area (Å²) in [6.07, 6.45) is 1.66. The van der Waals surface area contributed by atoms with Gasteiger partial charge in [-0.1, -0.05) is 74.0 Å². The summed E-state index contributed by atoms with van der Waals surface area (Å²) in [5.74, 6) is -1.06. The molecule has 0 aliphatic heterocycles. The molecule has 3 aromatic carbocycles. The third-order valence-electron chi connectivity index (χ3n) is 6.09. The third kappa shape index (κ3) is 4.81. The van der Waals surface area contributed by atoms with Gasteiger partial charge >= 0.3 is 11.7 Å². The van der Waals surface area contributed by atoms with E-state index in [9.17, 15) is 14.4 Å². The van der Waals surface area contributed by atoms with E-state index in [1.807, 2.05) is 61.5 Å². The highest BCUT2D eigenvalue weighted by Gasteiger charge is 2.21. The van der Waals surface area contributed by atoms with Crippen molar-refractivity contribution in [3.8, 4) is 28.2 Å². The van der Waals surface area contributed by atoms with Crippen LogP contribution >= 0.6 is 0 Å². The van der Waals surface area contributed by atoms with Crippen LogP contribution in [0.4, 0.5) is 0 Å². The maximum atomic E-state index is 13.0. The van der Waals surface area contributed by atoms with E-state index in [4.69, 9.17) is 10.5 Å². The molecule has 1 amide bonds. The van der Waals surface area contributed by atoms with Crippen molar-refractivity contribution in [2.24, 2.45) is 5.73 Å². The number of primary amides is 1. The number of rotatable bonds is 8. The van der Waals surface area contributed by atoms with E-state index in [1.165, 1.54) is 4.57 Å². The van der Waals surface area contributed by atoms with Gasteiger partial charge in [0.2, 0.25) is 0 Å². The second-order valence-corrected chi connectivity index (χ2v) is 8.71. The number of hydrogen-bond donors (Lipinski definition) is 2. The Morgan fingerprint density at radius 3 is 2.34 bits per heavy atom. The molecule has 0 aliphatic rings. The van der Waals surface area contributed by atoms with E-state index < -0.39 is 17.6 Å². The number of aromatic nitrogens is 4. The number of nitrogens with one attached hydrogen (secondary N) is 1. The molecule has 0 fully saturated rings. The summed E-state index contributed by atoms with van der Waals surface area (Å²) in [5, 5.41) is 0. The van der Waals surface area contributed by atoms with Gasteiger partial charge in [0, 0.05) is 5.56 Å². The van der Waals surface area contributed by atoms with Crippen molar-refractivity contribution in [2.45, 2.75) is 19.8 Å². The number of nitrogens with two attached hydrogens (primary N) is 1. The van der Waals surface area contributed by atoms with Gasteiger partial charge in [-0.3, -0.25) is 4.79 Å². The minimum absolute atomic E-state index is 0.108. The van der Waals surface area contributed by atoms with E-state index in [2.05, 4.69) is 15.0 Å². The van der Waals surface area contributed by atoms with Gasteiger partial charge < -0.3 is 15.5 Å². The summed E-state index contributed by atoms with van der Waals surface area (Å²) in [6.45, 7) is 2.32. The largest absolute Gasteiger partial charge is 0.462 e. The Morgan fingerprint density at radius 1 is 0.921 bits per heavy atom. The van der Waals surface area contributed by atoms with Gasteiger partial charge in [-0.05, 0) is 35.7 Å². The van der Waals surface area contributed by atoms with Gasteiger partial charge in [-0.25, -0.2) is 24.1 Å². The van der Waals surface area contributed by atoms with Crippen LogP contribution in [0.2, 0.25) is 0 Å². The topological polar surface area (TPSA) is 133 Å². The zero-order valence-corrected chi connectivity index (χ0v) is 20.7. The highest BCUT2D eigenvalue weighted by Crippen LogP contribution is 2.25. The van der Waals surface area contributed by atoms with Crippen molar-refractivity contribution >= 4 is 23.0 Å². The van der Waals surface area contributed by atoms with E-state index >= 15 is 0 Å². The molecule has 5 rings (SSSR count). The molecule has 9 nitrogen and oxygen atoms in total. The van der Waals surface area contributed by atoms with Gasteiger partial charge in [0.25, 0.3) is 5.91 Å². The average molecular weight is 508 g/mol. The number of carbonyl (C=O) groups is 2. The maximum Gasteiger partial charge on any atom is 0.338 e. The fourth-order valence-electron chi connectivity index (χ4n) is 4.14. The second kappa shape index (κ2) is 10.5. The van der Waals surface area contributed by atoms with Crippen LogP contribution in [0.5, 0.6) is 0 Å². The summed E-state index contributed by atoms with van der Waals surface area (Å²) < 4.78 is 6.59. The molecular weight excluding hydrogens is 482 g/mol. The zero-order valence-electron chi connectivity index (χ0n) is 20.7. The number of hydrogen-bond acceptors (Lipinski definition) is 6. The Balaban J connectivity index is 1.60. The van der Waals surface area contributed by atoms with Crippen LogP contribution in [0.3, 0.4) is 0 Å². The van der Waals surface area contributed by atoms with Crippen molar-refractivity contribution < 1.29 is 14.3 Å². The summed E-state index contributed by atoms with van der Waals surface area (Å²) >= 11 is 0. The van der Waals surface area contributed by atoms with Gasteiger partial charge in [-0.15, -0.1) is 0 Å². The van der Waals surface area contributed by atoms with E-state index in [1.54, 1.807) is 24.3 Å². The molecule has 0 atom stereocenters. The van der Waals surface area contributed by atoms with Crippen LogP contribution in [0, 0.1) is 0 Å². The lowest BCUT2D eigenvalue weighted by Crippen LogP contribution is -2.16. The van der Waals surface area contributed by atoms with E-state index in [-0.39, 0.29) is 22.7 Å². The van der Waals surface area contributed by atoms with Gasteiger partial charge in [0.05, 0.1) is 17.9 Å². The molecule has 0 saturated carbocycles. The molecule has 190 valence electrons. The summed E-state index contributed by atoms with van der Waals surface area (Å²) in [6, 6.07) is 23.9. The standard InChI is InChI=1S/C29H25N5O4/c1-2-3-16-38-28(36)21-10-7-11-22(17-21)34-27-24(32-29(34)37)23(25(30)35)31-26(33-27)20-14-12-19(13-15-20)18-8-5-4-6-9-18/h4-15,17H,2-3,16H2,1H3,(H2,30,35)(H,32,37). The first kappa shape index (κ1) is 24.6. The van der Waals surface area contributed by atoms with Crippen molar-refractivity contribution in [2.75, 3.05) is 6.61 Å². The first-order valence-electron chi connectivity index (χ1n) is 12.2. The highest BCUT2D eigenvalue weighted by atomic mass is 16.5. The summed E-state index contributed by atoms with van der Waals surface area (Å²) in [7, 11) is 0. The van der Waals surface area contributed by atoms with Crippen molar-refractivity contribution in [1.82, 2.24) is 19.5 Å². The molecule has 0 aliphatic carbocycles. The molecule has 0 unspecified atom stereocenters. The Labute approximate surface area is 217 Å². The molecule has 5 aromatic rings. The lowest BCUT2D eigenvalue weighted by atomic mass is 10.0. The normalized spacial score (nSPS) is 11.0. The Morgan fingerprint density at radius 2 is 1.63 bits per heavy atom. The molecule has 0 spiro atoms. The molecule has 2 aromatic heterocycles. The summed E-state index contributed by atoms with van der Waals surface area (Å²) in [5.41, 5.74) is 8.62. The van der Waals surface area contributed by atoms with Crippen LogP contribution in [0.1, 0.15) is 40.6 Å². The van der Waals surface area contributed by atoms with Crippen LogP contribution in [0.15, 0.2) is 83.7 Å². The average Bonchev–Trinajstić information content (AvgIpc) is 3.28. The summed E-state index contributed by atoms with van der Waals surface area (Å²) in [4.78, 5) is 49.5. The van der Waals surface area contributed by atoms with Crippen LogP contribution in [-0.2, 0) is 4.74 Å². The lowest BCUT2D eigenvalue weighted by molar-refractivity contribution is 0.0499. The number of imidazole rings is 1. The SMILES string of the molecule is CCCCOC(=O)c1cccc(-n2c(=O)[nH]c3c(C(N)=O)nc(-c4ccc(-c5ccccc5)cc4)nc32)c1. The molecular formula is C29H25N5O4. The molecule has 3 N–H and O–H groups in total. The molecule has 0 saturated heterocycles. The first-order chi connectivity index (χ1) is 18.5. The number of fused-ring (bicyclic) bond motifs is 1. The van der Waals surface area contributed by atoms with Gasteiger partial charge in [0.1, 0.15) is 5.52 Å². The van der Waals surface area contributed by atoms with E-state index in [0.29, 0.717) is 23.4 Å². The molecule has 2 heterocycles. The van der Waals surface area contributed by atoms with Gasteiger partial charge in [0.15, 0.2) is 17.2 Å². The zero-order chi connectivity index (χ0) is 26.6. The number of carbonyl (C=O) groups excluding carboxylic acids is 2. The fourth-order valence-corrected chi connectivity index (χ4v) is 4.14.